The second-order valence-corrected chi connectivity index (χ2v) is 7.78. The van der Waals surface area contributed by atoms with Crippen LogP contribution in [0.5, 0.6) is 0 Å². The molecule has 8 nitrogen and oxygen atoms in total. The predicted molar refractivity (Wildman–Crippen MR) is 116 cm³/mol. The van der Waals surface area contributed by atoms with E-state index in [-0.39, 0.29) is 18.6 Å². The number of carbonyl (C=O) groups excluding carboxylic acids is 1. The maximum atomic E-state index is 12.6. The molecule has 0 aliphatic rings. The van der Waals surface area contributed by atoms with Crippen molar-refractivity contribution in [1.29, 1.82) is 0 Å². The minimum absolute atomic E-state index is 0.0573. The number of rotatable bonds is 8. The Kier molecular flexibility index (Phi) is 6.12. The fourth-order valence-electron chi connectivity index (χ4n) is 3.06. The molecule has 1 amide bonds. The van der Waals surface area contributed by atoms with Crippen LogP contribution in [-0.4, -0.2) is 56.3 Å². The van der Waals surface area contributed by atoms with Crippen molar-refractivity contribution in [3.8, 4) is 21.8 Å². The molecule has 4 rings (SSSR count). The summed E-state index contributed by atoms with van der Waals surface area (Å²) in [5.74, 6) is -0.181. The highest BCUT2D eigenvalue weighted by atomic mass is 32.1. The third-order valence-electron chi connectivity index (χ3n) is 4.61. The Morgan fingerprint density at radius 2 is 2.20 bits per heavy atom. The van der Waals surface area contributed by atoms with Gasteiger partial charge in [0.25, 0.3) is 5.91 Å². The highest BCUT2D eigenvalue weighted by Gasteiger charge is 2.14. The summed E-state index contributed by atoms with van der Waals surface area (Å²) in [5.41, 5.74) is 3.48. The standard InChI is InChI=1S/C21H22N6O2S/c1-14(22-7-9-28)12-24-21(29)15-4-6-23-18(11-15)16-13-25-27-8-5-17(26-20(16)27)19-3-2-10-30-19/h2-6,8,10-11,13-14,22,28H,7,9,12H2,1H3,(H,24,29)/t14-/m0/s1. The van der Waals surface area contributed by atoms with Gasteiger partial charge in [-0.1, -0.05) is 6.07 Å². The van der Waals surface area contributed by atoms with Crippen LogP contribution in [0.3, 0.4) is 0 Å². The first-order valence-corrected chi connectivity index (χ1v) is 10.5. The number of amides is 1. The number of pyridine rings is 1. The summed E-state index contributed by atoms with van der Waals surface area (Å²) in [6.07, 6.45) is 5.20. The summed E-state index contributed by atoms with van der Waals surface area (Å²) in [4.78, 5) is 22.8. The van der Waals surface area contributed by atoms with Crippen LogP contribution in [0.25, 0.3) is 27.5 Å². The number of nitrogens with zero attached hydrogens (tertiary/aromatic N) is 4. The van der Waals surface area contributed by atoms with Crippen LogP contribution in [-0.2, 0) is 0 Å². The van der Waals surface area contributed by atoms with Crippen molar-refractivity contribution >= 4 is 22.9 Å². The van der Waals surface area contributed by atoms with Crippen LogP contribution in [0.1, 0.15) is 17.3 Å². The number of aliphatic hydroxyl groups excluding tert-OH is 1. The van der Waals surface area contributed by atoms with Gasteiger partial charge in [-0.2, -0.15) is 5.10 Å². The van der Waals surface area contributed by atoms with Gasteiger partial charge < -0.3 is 15.7 Å². The van der Waals surface area contributed by atoms with Crippen LogP contribution in [0.2, 0.25) is 0 Å². The van der Waals surface area contributed by atoms with Crippen molar-refractivity contribution in [2.45, 2.75) is 13.0 Å². The molecule has 154 valence electrons. The Labute approximate surface area is 177 Å². The van der Waals surface area contributed by atoms with Crippen LogP contribution >= 0.6 is 11.3 Å². The molecule has 0 fully saturated rings. The van der Waals surface area contributed by atoms with Gasteiger partial charge in [-0.15, -0.1) is 11.3 Å². The number of nitrogens with one attached hydrogen (secondary N) is 2. The quantitative estimate of drug-likeness (QED) is 0.402. The Morgan fingerprint density at radius 3 is 3.00 bits per heavy atom. The molecular weight excluding hydrogens is 400 g/mol. The summed E-state index contributed by atoms with van der Waals surface area (Å²) >= 11 is 1.63. The fraction of sp³-hybridized carbons (Fsp3) is 0.238. The van der Waals surface area contributed by atoms with Gasteiger partial charge in [-0.3, -0.25) is 9.78 Å². The molecule has 1 atom stereocenters. The van der Waals surface area contributed by atoms with Gasteiger partial charge in [0.05, 0.1) is 34.6 Å². The molecule has 0 aliphatic carbocycles. The number of hydrogen-bond donors (Lipinski definition) is 3. The minimum atomic E-state index is -0.181. The monoisotopic (exact) mass is 422 g/mol. The molecule has 4 aromatic rings. The van der Waals surface area contributed by atoms with Crippen LogP contribution in [0, 0.1) is 0 Å². The lowest BCUT2D eigenvalue weighted by atomic mass is 10.1. The van der Waals surface area contributed by atoms with Gasteiger partial charge in [-0.25, -0.2) is 9.50 Å². The summed E-state index contributed by atoms with van der Waals surface area (Å²) < 4.78 is 1.70. The van der Waals surface area contributed by atoms with E-state index in [0.717, 1.165) is 16.1 Å². The molecule has 30 heavy (non-hydrogen) atoms. The van der Waals surface area contributed by atoms with E-state index in [4.69, 9.17) is 10.1 Å². The Morgan fingerprint density at radius 1 is 1.30 bits per heavy atom. The van der Waals surface area contributed by atoms with Crippen molar-refractivity contribution < 1.29 is 9.90 Å². The Balaban J connectivity index is 1.57. The Hall–Kier alpha value is -3.14. The number of aromatic nitrogens is 4. The van der Waals surface area contributed by atoms with Gasteiger partial charge >= 0.3 is 0 Å². The molecule has 0 unspecified atom stereocenters. The zero-order valence-corrected chi connectivity index (χ0v) is 17.3. The number of aliphatic hydroxyl groups is 1. The van der Waals surface area contributed by atoms with Gasteiger partial charge in [-0.05, 0) is 36.6 Å². The zero-order valence-electron chi connectivity index (χ0n) is 16.4. The molecule has 0 spiro atoms. The van der Waals surface area contributed by atoms with E-state index in [1.165, 1.54) is 0 Å². The number of hydrogen-bond acceptors (Lipinski definition) is 7. The molecule has 4 heterocycles. The zero-order chi connectivity index (χ0) is 20.9. The summed E-state index contributed by atoms with van der Waals surface area (Å²) in [6, 6.07) is 9.44. The third kappa shape index (κ3) is 4.38. The minimum Gasteiger partial charge on any atom is -0.395 e. The molecule has 0 radical (unpaired) electrons. The smallest absolute Gasteiger partial charge is 0.251 e. The molecule has 0 bridgehead atoms. The lowest BCUT2D eigenvalue weighted by Crippen LogP contribution is -2.40. The average Bonchev–Trinajstić information content (AvgIpc) is 3.45. The number of fused-ring (bicyclic) bond motifs is 1. The second kappa shape index (κ2) is 9.12. The topological polar surface area (TPSA) is 104 Å². The first-order valence-electron chi connectivity index (χ1n) is 9.63. The van der Waals surface area contributed by atoms with Gasteiger partial charge in [0.15, 0.2) is 5.65 Å². The van der Waals surface area contributed by atoms with Crippen molar-refractivity contribution in [2.24, 2.45) is 0 Å². The summed E-state index contributed by atoms with van der Waals surface area (Å²) in [7, 11) is 0. The van der Waals surface area contributed by atoms with Gasteiger partial charge in [0.2, 0.25) is 0 Å². The molecule has 0 saturated heterocycles. The predicted octanol–water partition coefficient (Wildman–Crippen LogP) is 2.22. The molecule has 0 saturated carbocycles. The van der Waals surface area contributed by atoms with E-state index in [0.29, 0.717) is 30.0 Å². The summed E-state index contributed by atoms with van der Waals surface area (Å²) in [6.45, 7) is 2.96. The number of thiophene rings is 1. The highest BCUT2D eigenvalue weighted by Crippen LogP contribution is 2.27. The van der Waals surface area contributed by atoms with E-state index in [2.05, 4.69) is 20.7 Å². The Bertz CT molecular complexity index is 1140. The molecular formula is C21H22N6O2S. The number of carbonyl (C=O) groups is 1. The largest absolute Gasteiger partial charge is 0.395 e. The van der Waals surface area contributed by atoms with E-state index >= 15 is 0 Å². The molecule has 0 aliphatic heterocycles. The first-order chi connectivity index (χ1) is 14.7. The van der Waals surface area contributed by atoms with E-state index < -0.39 is 0 Å². The lowest BCUT2D eigenvalue weighted by molar-refractivity contribution is 0.0950. The van der Waals surface area contributed by atoms with E-state index in [9.17, 15) is 4.79 Å². The van der Waals surface area contributed by atoms with Crippen molar-refractivity contribution in [2.75, 3.05) is 19.7 Å². The lowest BCUT2D eigenvalue weighted by Gasteiger charge is -2.14. The van der Waals surface area contributed by atoms with Crippen LogP contribution in [0.4, 0.5) is 0 Å². The molecule has 0 aromatic carbocycles. The second-order valence-electron chi connectivity index (χ2n) is 6.84. The van der Waals surface area contributed by atoms with Crippen LogP contribution < -0.4 is 10.6 Å². The van der Waals surface area contributed by atoms with Crippen molar-refractivity contribution in [3.05, 3.63) is 59.9 Å². The third-order valence-corrected chi connectivity index (χ3v) is 5.51. The first kappa shape index (κ1) is 20.1. The van der Waals surface area contributed by atoms with E-state index in [1.54, 1.807) is 40.4 Å². The molecule has 4 aromatic heterocycles. The van der Waals surface area contributed by atoms with Gasteiger partial charge in [0, 0.05) is 37.1 Å². The average molecular weight is 423 g/mol. The van der Waals surface area contributed by atoms with Crippen molar-refractivity contribution in [3.63, 3.8) is 0 Å². The fourth-order valence-corrected chi connectivity index (χ4v) is 3.76. The maximum absolute atomic E-state index is 12.6. The highest BCUT2D eigenvalue weighted by molar-refractivity contribution is 7.13. The van der Waals surface area contributed by atoms with E-state index in [1.807, 2.05) is 36.7 Å². The molecule has 3 N–H and O–H groups in total. The van der Waals surface area contributed by atoms with Crippen LogP contribution in [0.15, 0.2) is 54.3 Å². The maximum Gasteiger partial charge on any atom is 0.251 e. The van der Waals surface area contributed by atoms with Crippen molar-refractivity contribution in [1.82, 2.24) is 30.2 Å². The normalized spacial score (nSPS) is 12.2. The summed E-state index contributed by atoms with van der Waals surface area (Å²) in [5, 5.41) is 21.3. The molecule has 9 heteroatoms. The van der Waals surface area contributed by atoms with Gasteiger partial charge in [0.1, 0.15) is 0 Å². The SMILES string of the molecule is C[C@@H](CNC(=O)c1ccnc(-c2cnn3ccc(-c4cccs4)nc23)c1)NCCO.